The van der Waals surface area contributed by atoms with Crippen molar-refractivity contribution in [3.05, 3.63) is 0 Å². The van der Waals surface area contributed by atoms with E-state index in [0.717, 1.165) is 0 Å². The molecule has 0 fully saturated rings. The van der Waals surface area contributed by atoms with E-state index in [1.807, 2.05) is 0 Å². The summed E-state index contributed by atoms with van der Waals surface area (Å²) in [6.45, 7) is 2.86. The van der Waals surface area contributed by atoms with E-state index in [9.17, 15) is 0 Å². The van der Waals surface area contributed by atoms with E-state index in [1.54, 1.807) is 12.1 Å². The largest absolute Gasteiger partial charge is 0.199 e. The first-order valence-electron chi connectivity index (χ1n) is 1.45. The van der Waals surface area contributed by atoms with Crippen molar-refractivity contribution in [1.29, 1.82) is 10.5 Å². The molecule has 7 heavy (non-hydrogen) atoms. The molecule has 0 spiro atoms. The predicted octanol–water partition coefficient (Wildman–Crippen LogP) is 0.679. The molecule has 0 unspecified atom stereocenters. The summed E-state index contributed by atoms with van der Waals surface area (Å²) in [4.78, 5) is 0. The van der Waals surface area contributed by atoms with Gasteiger partial charge in [-0.2, -0.15) is 10.5 Å². The molecule has 0 heterocycles. The Labute approximate surface area is 60.7 Å². The van der Waals surface area contributed by atoms with Gasteiger partial charge in [-0.05, 0) is 0 Å². The van der Waals surface area contributed by atoms with Gasteiger partial charge in [-0.25, -0.2) is 0 Å². The van der Waals surface area contributed by atoms with E-state index in [4.69, 9.17) is 10.5 Å². The molecule has 0 amide bonds. The van der Waals surface area contributed by atoms with Crippen molar-refractivity contribution >= 4 is 23.9 Å². The Morgan fingerprint density at radius 2 is 1.00 bits per heavy atom. The minimum atomic E-state index is 0. The van der Waals surface area contributed by atoms with Crippen molar-refractivity contribution < 1.29 is 0 Å². The van der Waals surface area contributed by atoms with Crippen LogP contribution in [-0.4, -0.2) is 23.9 Å². The third-order valence-electron chi connectivity index (χ3n) is 0. The van der Waals surface area contributed by atoms with Crippen LogP contribution in [0.3, 0.4) is 0 Å². The SMILES string of the molecule is CC#N.CC#N.[Sn]. The normalized spacial score (nSPS) is 2.29. The van der Waals surface area contributed by atoms with Gasteiger partial charge in [0.25, 0.3) is 0 Å². The van der Waals surface area contributed by atoms with E-state index in [-0.39, 0.29) is 23.9 Å². The standard InChI is InChI=1S/2C2H3N.Sn/c2*1-2-3;/h2*1H3;. The molecular weight excluding hydrogens is 195 g/mol. The average molecular weight is 201 g/mol. The van der Waals surface area contributed by atoms with Gasteiger partial charge >= 0.3 is 0 Å². The van der Waals surface area contributed by atoms with Gasteiger partial charge in [0.05, 0.1) is 12.1 Å². The molecule has 0 saturated heterocycles. The van der Waals surface area contributed by atoms with E-state index < -0.39 is 0 Å². The van der Waals surface area contributed by atoms with Gasteiger partial charge in [-0.3, -0.25) is 0 Å². The number of nitrogens with zero attached hydrogens (tertiary/aromatic N) is 2. The Hall–Kier alpha value is -0.221. The molecule has 0 aromatic heterocycles. The van der Waals surface area contributed by atoms with Gasteiger partial charge in [0.2, 0.25) is 0 Å². The molecule has 0 aromatic carbocycles. The maximum Gasteiger partial charge on any atom is 0.0587 e. The van der Waals surface area contributed by atoms with Crippen LogP contribution in [-0.2, 0) is 0 Å². The maximum atomic E-state index is 7.32. The Morgan fingerprint density at radius 1 is 1.00 bits per heavy atom. The van der Waals surface area contributed by atoms with Crippen molar-refractivity contribution in [2.45, 2.75) is 13.8 Å². The van der Waals surface area contributed by atoms with E-state index in [1.165, 1.54) is 13.8 Å². The molecule has 3 heteroatoms. The summed E-state index contributed by atoms with van der Waals surface area (Å²) >= 11 is 0. The third-order valence-corrected chi connectivity index (χ3v) is 0. The molecule has 0 bridgehead atoms. The predicted molar refractivity (Wildman–Crippen MR) is 28.3 cm³/mol. The summed E-state index contributed by atoms with van der Waals surface area (Å²) in [6.07, 6.45) is 0. The topological polar surface area (TPSA) is 47.6 Å². The fourth-order valence-electron chi connectivity index (χ4n) is 0. The second kappa shape index (κ2) is 41.7. The van der Waals surface area contributed by atoms with Crippen LogP contribution < -0.4 is 0 Å². The smallest absolute Gasteiger partial charge is 0.0587 e. The Balaban J connectivity index is -0.0000000400. The van der Waals surface area contributed by atoms with Crippen LogP contribution in [0.4, 0.5) is 0 Å². The Morgan fingerprint density at radius 3 is 1.00 bits per heavy atom. The molecule has 4 radical (unpaired) electrons. The van der Waals surface area contributed by atoms with E-state index >= 15 is 0 Å². The molecule has 0 aliphatic carbocycles. The zero-order valence-electron chi connectivity index (χ0n) is 4.39. The monoisotopic (exact) mass is 202 g/mol. The quantitative estimate of drug-likeness (QED) is 0.540. The first-order valence-corrected chi connectivity index (χ1v) is 1.45. The first-order chi connectivity index (χ1) is 2.83. The van der Waals surface area contributed by atoms with Crippen LogP contribution in [0.1, 0.15) is 13.8 Å². The molecule has 0 N–H and O–H groups in total. The van der Waals surface area contributed by atoms with Gasteiger partial charge in [0, 0.05) is 37.8 Å². The van der Waals surface area contributed by atoms with Gasteiger partial charge < -0.3 is 0 Å². The van der Waals surface area contributed by atoms with Crippen LogP contribution in [0, 0.1) is 22.7 Å². The molecule has 36 valence electrons. The van der Waals surface area contributed by atoms with Crippen LogP contribution in [0.2, 0.25) is 0 Å². The van der Waals surface area contributed by atoms with Crippen LogP contribution in [0.15, 0.2) is 0 Å². The van der Waals surface area contributed by atoms with Crippen LogP contribution in [0.25, 0.3) is 0 Å². The molecular formula is C4H6N2Sn. The van der Waals surface area contributed by atoms with Crippen LogP contribution >= 0.6 is 0 Å². The molecule has 0 aliphatic rings. The van der Waals surface area contributed by atoms with E-state index in [2.05, 4.69) is 0 Å². The van der Waals surface area contributed by atoms with Gasteiger partial charge in [-0.15, -0.1) is 0 Å². The van der Waals surface area contributed by atoms with Crippen molar-refractivity contribution in [3.63, 3.8) is 0 Å². The second-order valence-corrected chi connectivity index (χ2v) is 0.447. The van der Waals surface area contributed by atoms with Gasteiger partial charge in [0.1, 0.15) is 0 Å². The third kappa shape index (κ3) is 1680. The van der Waals surface area contributed by atoms with Gasteiger partial charge in [-0.1, -0.05) is 0 Å². The molecule has 0 aliphatic heterocycles. The molecule has 0 rings (SSSR count). The zero-order valence-corrected chi connectivity index (χ0v) is 7.25. The summed E-state index contributed by atoms with van der Waals surface area (Å²) in [5.41, 5.74) is 0. The van der Waals surface area contributed by atoms with Crippen molar-refractivity contribution in [3.8, 4) is 12.1 Å². The maximum absolute atomic E-state index is 7.32. The molecule has 0 saturated carbocycles. The number of hydrogen-bond acceptors (Lipinski definition) is 2. The summed E-state index contributed by atoms with van der Waals surface area (Å²) in [5, 5.41) is 14.6. The zero-order chi connectivity index (χ0) is 5.41. The van der Waals surface area contributed by atoms with Gasteiger partial charge in [0.15, 0.2) is 0 Å². The minimum absolute atomic E-state index is 0. The van der Waals surface area contributed by atoms with Crippen molar-refractivity contribution in [2.75, 3.05) is 0 Å². The Bertz CT molecular complexity index is 64.7. The summed E-state index contributed by atoms with van der Waals surface area (Å²) in [6, 6.07) is 3.50. The average Bonchev–Trinajstić information content (AvgIpc) is 1.39. The number of nitriles is 2. The minimum Gasteiger partial charge on any atom is -0.199 e. The second-order valence-electron chi connectivity index (χ2n) is 0.447. The molecule has 0 aromatic rings. The van der Waals surface area contributed by atoms with E-state index in [0.29, 0.717) is 0 Å². The fraction of sp³-hybridized carbons (Fsp3) is 0.500. The fourth-order valence-corrected chi connectivity index (χ4v) is 0. The first kappa shape index (κ1) is 15.9. The van der Waals surface area contributed by atoms with Crippen molar-refractivity contribution in [1.82, 2.24) is 0 Å². The summed E-state index contributed by atoms with van der Waals surface area (Å²) in [5.74, 6) is 0. The Kier molecular flexibility index (Phi) is 94.5. The van der Waals surface area contributed by atoms with Crippen molar-refractivity contribution in [2.24, 2.45) is 0 Å². The summed E-state index contributed by atoms with van der Waals surface area (Å²) < 4.78 is 0. The molecule has 0 atom stereocenters. The number of rotatable bonds is 0. The summed E-state index contributed by atoms with van der Waals surface area (Å²) in [7, 11) is 0. The molecule has 2 nitrogen and oxygen atoms in total. The van der Waals surface area contributed by atoms with Crippen LogP contribution in [0.5, 0.6) is 0 Å². The number of hydrogen-bond donors (Lipinski definition) is 0.